The van der Waals surface area contributed by atoms with Crippen molar-refractivity contribution in [2.24, 2.45) is 0 Å². The zero-order valence-electron chi connectivity index (χ0n) is 5.15. The van der Waals surface area contributed by atoms with Crippen molar-refractivity contribution in [3.63, 3.8) is 0 Å². The summed E-state index contributed by atoms with van der Waals surface area (Å²) in [7, 11) is 0. The standard InChI is InChI=1S/C4H3F5I2/c1-2(10,3(5,6)7)4(8,9)11/h1H3. The minimum absolute atomic E-state index is 0.458. The minimum atomic E-state index is -4.89. The quantitative estimate of drug-likeness (QED) is 0.358. The fourth-order valence-electron chi connectivity index (χ4n) is 0.161. The molecular weight excluding hydrogens is 397 g/mol. The lowest BCUT2D eigenvalue weighted by Crippen LogP contribution is -2.47. The van der Waals surface area contributed by atoms with Gasteiger partial charge in [0.25, 0.3) is 0 Å². The predicted octanol–water partition coefficient (Wildman–Crippen LogP) is 3.77. The molecule has 0 spiro atoms. The van der Waals surface area contributed by atoms with E-state index in [0.29, 0.717) is 52.1 Å². The summed E-state index contributed by atoms with van der Waals surface area (Å²) in [5.74, 6) is 0. The van der Waals surface area contributed by atoms with Gasteiger partial charge in [0.2, 0.25) is 0 Å². The first kappa shape index (κ1) is 12.1. The number of halogens is 7. The van der Waals surface area contributed by atoms with Crippen molar-refractivity contribution < 1.29 is 22.0 Å². The van der Waals surface area contributed by atoms with E-state index in [-0.39, 0.29) is 0 Å². The van der Waals surface area contributed by atoms with E-state index in [1.165, 1.54) is 0 Å². The Bertz CT molecular complexity index is 128. The molecule has 0 aromatic rings. The van der Waals surface area contributed by atoms with Gasteiger partial charge < -0.3 is 0 Å². The summed E-state index contributed by atoms with van der Waals surface area (Å²) in [4.78, 5) is 0. The van der Waals surface area contributed by atoms with Crippen molar-refractivity contribution in [3.05, 3.63) is 0 Å². The van der Waals surface area contributed by atoms with Gasteiger partial charge in [-0.3, -0.25) is 0 Å². The van der Waals surface area contributed by atoms with Gasteiger partial charge >= 0.3 is 10.1 Å². The molecule has 0 aliphatic rings. The van der Waals surface area contributed by atoms with E-state index in [1.807, 2.05) is 0 Å². The number of hydrogen-bond donors (Lipinski definition) is 0. The maximum absolute atomic E-state index is 12.3. The molecule has 0 N–H and O–H groups in total. The van der Waals surface area contributed by atoms with Crippen LogP contribution < -0.4 is 0 Å². The van der Waals surface area contributed by atoms with Crippen molar-refractivity contribution in [2.75, 3.05) is 0 Å². The molecule has 0 saturated heterocycles. The SMILES string of the molecule is CC(I)(C(F)(F)F)C(F)(F)I. The van der Waals surface area contributed by atoms with Crippen molar-refractivity contribution in [1.82, 2.24) is 0 Å². The summed E-state index contributed by atoms with van der Waals surface area (Å²) in [6.07, 6.45) is -4.89. The second-order valence-electron chi connectivity index (χ2n) is 2.00. The molecule has 0 aliphatic carbocycles. The largest absolute Gasteiger partial charge is 0.409 e. The molecule has 0 aromatic heterocycles. The maximum Gasteiger partial charge on any atom is 0.409 e. The normalized spacial score (nSPS) is 19.6. The van der Waals surface area contributed by atoms with E-state index in [1.54, 1.807) is 0 Å². The minimum Gasteiger partial charge on any atom is -0.193 e. The van der Waals surface area contributed by atoms with Crippen molar-refractivity contribution in [1.29, 1.82) is 0 Å². The lowest BCUT2D eigenvalue weighted by Gasteiger charge is -2.29. The third-order valence-electron chi connectivity index (χ3n) is 1.06. The van der Waals surface area contributed by atoms with Crippen molar-refractivity contribution in [2.45, 2.75) is 20.5 Å². The van der Waals surface area contributed by atoms with Gasteiger partial charge in [0.1, 0.15) is 0 Å². The van der Waals surface area contributed by atoms with Crippen LogP contribution >= 0.6 is 45.2 Å². The molecule has 0 saturated carbocycles. The average Bonchev–Trinajstić information content (AvgIpc) is 1.58. The molecule has 0 aromatic carbocycles. The second kappa shape index (κ2) is 3.11. The van der Waals surface area contributed by atoms with Gasteiger partial charge in [0.15, 0.2) is 3.42 Å². The third kappa shape index (κ3) is 2.52. The van der Waals surface area contributed by atoms with Crippen LogP contribution in [0, 0.1) is 0 Å². The average molecular weight is 400 g/mol. The molecule has 0 bridgehead atoms. The lowest BCUT2D eigenvalue weighted by molar-refractivity contribution is -0.181. The molecule has 0 fully saturated rings. The van der Waals surface area contributed by atoms with Crippen LogP contribution in [-0.4, -0.2) is 13.5 Å². The van der Waals surface area contributed by atoms with Crippen LogP contribution in [0.3, 0.4) is 0 Å². The highest BCUT2D eigenvalue weighted by atomic mass is 127. The molecule has 0 radical (unpaired) electrons. The molecule has 0 rings (SSSR count). The van der Waals surface area contributed by atoms with Crippen LogP contribution in [0.1, 0.15) is 6.92 Å². The van der Waals surface area contributed by atoms with Crippen molar-refractivity contribution in [3.8, 4) is 0 Å². The number of rotatable bonds is 1. The van der Waals surface area contributed by atoms with E-state index in [4.69, 9.17) is 0 Å². The van der Waals surface area contributed by atoms with Gasteiger partial charge in [0, 0.05) is 22.6 Å². The summed E-state index contributed by atoms with van der Waals surface area (Å²) < 4.78 is 53.2. The molecule has 68 valence electrons. The molecule has 0 aliphatic heterocycles. The first-order valence-electron chi connectivity index (χ1n) is 2.32. The lowest BCUT2D eigenvalue weighted by atomic mass is 10.2. The van der Waals surface area contributed by atoms with E-state index >= 15 is 0 Å². The Kier molecular flexibility index (Phi) is 3.42. The molecular formula is C4H3F5I2. The van der Waals surface area contributed by atoms with Gasteiger partial charge in [0.05, 0.1) is 0 Å². The molecule has 0 heterocycles. The fourth-order valence-corrected chi connectivity index (χ4v) is 0.467. The molecule has 7 heteroatoms. The van der Waals surface area contributed by atoms with Gasteiger partial charge in [-0.05, 0) is 6.92 Å². The Morgan fingerprint density at radius 3 is 1.18 bits per heavy atom. The highest BCUT2D eigenvalue weighted by molar-refractivity contribution is 14.1. The molecule has 1 atom stereocenters. The molecule has 1 unspecified atom stereocenters. The fraction of sp³-hybridized carbons (Fsp3) is 1.00. The van der Waals surface area contributed by atoms with Crippen LogP contribution in [-0.2, 0) is 0 Å². The van der Waals surface area contributed by atoms with Gasteiger partial charge in [-0.1, -0.05) is 22.6 Å². The first-order valence-corrected chi connectivity index (χ1v) is 4.48. The van der Waals surface area contributed by atoms with Gasteiger partial charge in [-0.25, -0.2) is 0 Å². The molecule has 0 nitrogen and oxygen atoms in total. The summed E-state index contributed by atoms with van der Waals surface area (Å²) >= 11 is 1.19. The van der Waals surface area contributed by atoms with Crippen LogP contribution in [0.25, 0.3) is 0 Å². The van der Waals surface area contributed by atoms with Crippen LogP contribution in [0.15, 0.2) is 0 Å². The summed E-state index contributed by atoms with van der Waals surface area (Å²) in [5, 5.41) is 0. The highest BCUT2D eigenvalue weighted by Gasteiger charge is 2.63. The highest BCUT2D eigenvalue weighted by Crippen LogP contribution is 2.51. The summed E-state index contributed by atoms with van der Waals surface area (Å²) in [5.41, 5.74) is 0. The Hall–Kier alpha value is 1.11. The summed E-state index contributed by atoms with van der Waals surface area (Å²) in [6, 6.07) is 0. The Morgan fingerprint density at radius 2 is 1.18 bits per heavy atom. The Labute approximate surface area is 87.2 Å². The number of hydrogen-bond acceptors (Lipinski definition) is 0. The van der Waals surface area contributed by atoms with Crippen LogP contribution in [0.4, 0.5) is 22.0 Å². The molecule has 0 amide bonds. The Morgan fingerprint density at radius 1 is 0.909 bits per heavy atom. The van der Waals surface area contributed by atoms with Crippen LogP contribution in [0.2, 0.25) is 0 Å². The van der Waals surface area contributed by atoms with Gasteiger partial charge in [-0.2, -0.15) is 22.0 Å². The maximum atomic E-state index is 12.3. The number of alkyl halides is 7. The zero-order valence-corrected chi connectivity index (χ0v) is 9.46. The Balaban J connectivity index is 4.75. The monoisotopic (exact) mass is 400 g/mol. The third-order valence-corrected chi connectivity index (χ3v) is 4.46. The first-order chi connectivity index (χ1) is 4.50. The van der Waals surface area contributed by atoms with Gasteiger partial charge in [-0.15, -0.1) is 0 Å². The summed E-state index contributed by atoms with van der Waals surface area (Å²) in [6.45, 7) is 0.458. The van der Waals surface area contributed by atoms with Crippen LogP contribution in [0.5, 0.6) is 0 Å². The van der Waals surface area contributed by atoms with Crippen molar-refractivity contribution >= 4 is 45.2 Å². The van der Waals surface area contributed by atoms with E-state index in [0.717, 1.165) is 0 Å². The second-order valence-corrected chi connectivity index (χ2v) is 5.51. The van der Waals surface area contributed by atoms with E-state index in [9.17, 15) is 22.0 Å². The van der Waals surface area contributed by atoms with E-state index in [2.05, 4.69) is 0 Å². The predicted molar refractivity (Wildman–Crippen MR) is 47.4 cm³/mol. The molecule has 11 heavy (non-hydrogen) atoms. The van der Waals surface area contributed by atoms with E-state index < -0.39 is 13.5 Å². The zero-order chi connectivity index (χ0) is 9.50. The smallest absolute Gasteiger partial charge is 0.193 e. The topological polar surface area (TPSA) is 0 Å².